The number of hydrogen-bond donors (Lipinski definition) is 0. The maximum absolute atomic E-state index is 12.7. The van der Waals surface area contributed by atoms with E-state index in [0.717, 1.165) is 29.2 Å². The summed E-state index contributed by atoms with van der Waals surface area (Å²) in [5.41, 5.74) is 2.30. The zero-order valence-electron chi connectivity index (χ0n) is 16.2. The lowest BCUT2D eigenvalue weighted by Crippen LogP contribution is -2.50. The van der Waals surface area contributed by atoms with E-state index in [1.54, 1.807) is 11.3 Å². The lowest BCUT2D eigenvalue weighted by atomic mass is 10.2. The van der Waals surface area contributed by atoms with Gasteiger partial charge in [0, 0.05) is 36.7 Å². The highest BCUT2D eigenvalue weighted by molar-refractivity contribution is 7.18. The SMILES string of the molecule is CCc1cc2c(=O)n(CC(=O)N3CCN(c4cccc(C)c4)CC3)cnc2s1. The van der Waals surface area contributed by atoms with Crippen LogP contribution in [0.1, 0.15) is 17.4 Å². The van der Waals surface area contributed by atoms with Crippen LogP contribution in [0.5, 0.6) is 0 Å². The Hall–Kier alpha value is -2.67. The summed E-state index contributed by atoms with van der Waals surface area (Å²) in [6, 6.07) is 10.3. The molecular weight excluding hydrogens is 372 g/mol. The van der Waals surface area contributed by atoms with Gasteiger partial charge in [-0.3, -0.25) is 14.2 Å². The molecule has 0 spiro atoms. The third-order valence-electron chi connectivity index (χ3n) is 5.22. The number of aryl methyl sites for hydroxylation is 2. The molecule has 1 saturated heterocycles. The summed E-state index contributed by atoms with van der Waals surface area (Å²) in [5.74, 6) is -0.0295. The van der Waals surface area contributed by atoms with E-state index in [9.17, 15) is 9.59 Å². The van der Waals surface area contributed by atoms with Crippen molar-refractivity contribution in [2.75, 3.05) is 31.1 Å². The van der Waals surface area contributed by atoms with Gasteiger partial charge in [0.25, 0.3) is 5.56 Å². The molecule has 2 aromatic heterocycles. The van der Waals surface area contributed by atoms with Gasteiger partial charge in [-0.2, -0.15) is 0 Å². The largest absolute Gasteiger partial charge is 0.368 e. The normalized spacial score (nSPS) is 14.6. The Morgan fingerprint density at radius 3 is 2.68 bits per heavy atom. The minimum atomic E-state index is -0.132. The van der Waals surface area contributed by atoms with E-state index in [4.69, 9.17) is 0 Å². The molecule has 146 valence electrons. The first kappa shape index (κ1) is 18.7. The average Bonchev–Trinajstić information content (AvgIpc) is 3.14. The van der Waals surface area contributed by atoms with E-state index < -0.39 is 0 Å². The molecule has 0 radical (unpaired) electrons. The van der Waals surface area contributed by atoms with Gasteiger partial charge in [-0.1, -0.05) is 19.1 Å². The molecule has 7 heteroatoms. The van der Waals surface area contributed by atoms with Gasteiger partial charge in [-0.05, 0) is 37.1 Å². The molecule has 6 nitrogen and oxygen atoms in total. The minimum Gasteiger partial charge on any atom is -0.368 e. The fourth-order valence-electron chi connectivity index (χ4n) is 3.58. The highest BCUT2D eigenvalue weighted by Gasteiger charge is 2.22. The number of amides is 1. The van der Waals surface area contributed by atoms with Crippen molar-refractivity contribution in [2.24, 2.45) is 0 Å². The Morgan fingerprint density at radius 2 is 1.96 bits per heavy atom. The molecule has 0 aliphatic carbocycles. The van der Waals surface area contributed by atoms with E-state index in [-0.39, 0.29) is 18.0 Å². The van der Waals surface area contributed by atoms with E-state index in [1.807, 2.05) is 11.0 Å². The Bertz CT molecular complexity index is 1060. The van der Waals surface area contributed by atoms with E-state index >= 15 is 0 Å². The fraction of sp³-hybridized carbons (Fsp3) is 0.381. The van der Waals surface area contributed by atoms with Crippen molar-refractivity contribution in [2.45, 2.75) is 26.8 Å². The first-order valence-corrected chi connectivity index (χ1v) is 10.4. The van der Waals surface area contributed by atoms with Crippen LogP contribution >= 0.6 is 11.3 Å². The van der Waals surface area contributed by atoms with Gasteiger partial charge in [0.05, 0.1) is 11.7 Å². The molecule has 1 fully saturated rings. The highest BCUT2D eigenvalue weighted by Crippen LogP contribution is 2.21. The van der Waals surface area contributed by atoms with Crippen molar-refractivity contribution in [3.8, 4) is 0 Å². The predicted molar refractivity (Wildman–Crippen MR) is 113 cm³/mol. The highest BCUT2D eigenvalue weighted by atomic mass is 32.1. The summed E-state index contributed by atoms with van der Waals surface area (Å²) in [6.07, 6.45) is 2.38. The molecule has 0 saturated carbocycles. The van der Waals surface area contributed by atoms with Crippen molar-refractivity contribution in [1.29, 1.82) is 0 Å². The summed E-state index contributed by atoms with van der Waals surface area (Å²) in [4.78, 5) is 35.8. The monoisotopic (exact) mass is 396 g/mol. The molecule has 0 N–H and O–H groups in total. The standard InChI is InChI=1S/C21H24N4O2S/c1-3-17-12-18-20(28-17)22-14-25(21(18)27)13-19(26)24-9-7-23(8-10-24)16-6-4-5-15(2)11-16/h4-6,11-12,14H,3,7-10,13H2,1-2H3. The number of rotatable bonds is 4. The second-order valence-electron chi connectivity index (χ2n) is 7.17. The summed E-state index contributed by atoms with van der Waals surface area (Å²) in [7, 11) is 0. The molecule has 1 aliphatic rings. The lowest BCUT2D eigenvalue weighted by molar-refractivity contribution is -0.132. The van der Waals surface area contributed by atoms with E-state index in [0.29, 0.717) is 18.5 Å². The van der Waals surface area contributed by atoms with Crippen molar-refractivity contribution < 1.29 is 4.79 Å². The number of piperazine rings is 1. The predicted octanol–water partition coefficient (Wildman–Crippen LogP) is 2.68. The first-order valence-electron chi connectivity index (χ1n) is 9.62. The van der Waals surface area contributed by atoms with Gasteiger partial charge in [0.1, 0.15) is 11.4 Å². The van der Waals surface area contributed by atoms with Crippen molar-refractivity contribution >= 4 is 33.1 Å². The minimum absolute atomic E-state index is 0.0295. The maximum atomic E-state index is 12.7. The quantitative estimate of drug-likeness (QED) is 0.680. The van der Waals surface area contributed by atoms with Gasteiger partial charge in [0.15, 0.2) is 0 Å². The van der Waals surface area contributed by atoms with Crippen molar-refractivity contribution in [1.82, 2.24) is 14.5 Å². The van der Waals surface area contributed by atoms with Gasteiger partial charge < -0.3 is 9.80 Å². The van der Waals surface area contributed by atoms with Crippen LogP contribution in [0.4, 0.5) is 5.69 Å². The molecular formula is C21H24N4O2S. The Morgan fingerprint density at radius 1 is 1.18 bits per heavy atom. The van der Waals surface area contributed by atoms with Crippen LogP contribution in [0, 0.1) is 6.92 Å². The summed E-state index contributed by atoms with van der Waals surface area (Å²) in [5, 5.41) is 0.612. The topological polar surface area (TPSA) is 58.4 Å². The average molecular weight is 397 g/mol. The molecule has 3 heterocycles. The number of anilines is 1. The van der Waals surface area contributed by atoms with Crippen molar-refractivity contribution in [3.05, 3.63) is 57.5 Å². The second kappa shape index (κ2) is 7.75. The van der Waals surface area contributed by atoms with Crippen LogP contribution in [0.3, 0.4) is 0 Å². The third-order valence-corrected chi connectivity index (χ3v) is 6.41. The smallest absolute Gasteiger partial charge is 0.262 e. The number of carbonyl (C=O) groups is 1. The maximum Gasteiger partial charge on any atom is 0.262 e. The van der Waals surface area contributed by atoms with Crippen molar-refractivity contribution in [3.63, 3.8) is 0 Å². The fourth-order valence-corrected chi connectivity index (χ4v) is 4.51. The number of carbonyl (C=O) groups excluding carboxylic acids is 1. The number of thiophene rings is 1. The van der Waals surface area contributed by atoms with Crippen LogP contribution in [0.25, 0.3) is 10.2 Å². The lowest BCUT2D eigenvalue weighted by Gasteiger charge is -2.36. The number of aromatic nitrogens is 2. The summed E-state index contributed by atoms with van der Waals surface area (Å²) in [6.45, 7) is 7.11. The van der Waals surface area contributed by atoms with Gasteiger partial charge >= 0.3 is 0 Å². The van der Waals surface area contributed by atoms with Crippen LogP contribution in [0.15, 0.2) is 41.5 Å². The summed E-state index contributed by atoms with van der Waals surface area (Å²) < 4.78 is 1.43. The molecule has 3 aromatic rings. The zero-order valence-corrected chi connectivity index (χ0v) is 17.0. The van der Waals surface area contributed by atoms with Gasteiger partial charge in [0.2, 0.25) is 5.91 Å². The Labute approximate surface area is 168 Å². The summed E-state index contributed by atoms with van der Waals surface area (Å²) >= 11 is 1.54. The molecule has 0 atom stereocenters. The molecule has 1 aromatic carbocycles. The second-order valence-corrected chi connectivity index (χ2v) is 8.28. The molecule has 0 unspecified atom stereocenters. The Balaban J connectivity index is 1.43. The van der Waals surface area contributed by atoms with Crippen LogP contribution in [0.2, 0.25) is 0 Å². The van der Waals surface area contributed by atoms with E-state index in [1.165, 1.54) is 22.1 Å². The number of fused-ring (bicyclic) bond motifs is 1. The van der Waals surface area contributed by atoms with Crippen LogP contribution in [-0.4, -0.2) is 46.5 Å². The Kier molecular flexibility index (Phi) is 5.17. The van der Waals surface area contributed by atoms with E-state index in [2.05, 4.69) is 48.0 Å². The number of nitrogens with zero attached hydrogens (tertiary/aromatic N) is 4. The third kappa shape index (κ3) is 3.67. The molecule has 4 rings (SSSR count). The van der Waals surface area contributed by atoms with Crippen LogP contribution in [-0.2, 0) is 17.8 Å². The molecule has 1 aliphatic heterocycles. The first-order chi connectivity index (χ1) is 13.5. The number of benzene rings is 1. The van der Waals surface area contributed by atoms with Crippen LogP contribution < -0.4 is 10.5 Å². The zero-order chi connectivity index (χ0) is 19.7. The molecule has 28 heavy (non-hydrogen) atoms. The number of hydrogen-bond acceptors (Lipinski definition) is 5. The van der Waals surface area contributed by atoms with Gasteiger partial charge in [-0.25, -0.2) is 4.98 Å². The van der Waals surface area contributed by atoms with Gasteiger partial charge in [-0.15, -0.1) is 11.3 Å². The molecule has 1 amide bonds. The molecule has 0 bridgehead atoms.